The average molecular weight is 214 g/mol. The van der Waals surface area contributed by atoms with Crippen LogP contribution in [0.25, 0.3) is 0 Å². The van der Waals surface area contributed by atoms with E-state index in [9.17, 15) is 4.79 Å². The molecule has 4 heteroatoms. The first-order chi connectivity index (χ1) is 6.39. The topological polar surface area (TPSA) is 39.2 Å². The zero-order chi connectivity index (χ0) is 10.8. The van der Waals surface area contributed by atoms with Crippen LogP contribution in [0.5, 0.6) is 5.75 Å². The molecule has 0 unspecified atom stereocenters. The Kier molecular flexibility index (Phi) is 3.11. The first kappa shape index (κ1) is 11.0. The van der Waals surface area contributed by atoms with Gasteiger partial charge >= 0.3 is 5.97 Å². The van der Waals surface area contributed by atoms with E-state index in [4.69, 9.17) is 16.3 Å². The van der Waals surface area contributed by atoms with Crippen molar-refractivity contribution < 1.29 is 9.53 Å². The molecule has 0 atom stereocenters. The van der Waals surface area contributed by atoms with Crippen molar-refractivity contribution in [1.29, 1.82) is 0 Å². The number of esters is 1. The number of carbonyl (C=O) groups is 1. The molecule has 0 fully saturated rings. The van der Waals surface area contributed by atoms with Gasteiger partial charge in [0.25, 0.3) is 0 Å². The summed E-state index contributed by atoms with van der Waals surface area (Å²) in [6.07, 6.45) is 1.49. The molecule has 0 aliphatic rings. The van der Waals surface area contributed by atoms with Crippen LogP contribution in [0.4, 0.5) is 0 Å². The van der Waals surface area contributed by atoms with Crippen LogP contribution >= 0.6 is 11.6 Å². The maximum Gasteiger partial charge on any atom is 0.316 e. The maximum absolute atomic E-state index is 11.5. The van der Waals surface area contributed by atoms with Gasteiger partial charge < -0.3 is 4.74 Å². The van der Waals surface area contributed by atoms with Gasteiger partial charge in [0, 0.05) is 12.3 Å². The molecule has 0 spiro atoms. The number of rotatable bonds is 1. The molecular weight excluding hydrogens is 202 g/mol. The van der Waals surface area contributed by atoms with Crippen molar-refractivity contribution in [3.05, 3.63) is 23.5 Å². The molecule has 0 saturated heterocycles. The molecule has 0 N–H and O–H groups in total. The van der Waals surface area contributed by atoms with E-state index >= 15 is 0 Å². The number of halogens is 1. The van der Waals surface area contributed by atoms with Crippen LogP contribution in [-0.4, -0.2) is 11.0 Å². The number of nitrogens with zero attached hydrogens (tertiary/aromatic N) is 1. The molecule has 0 aromatic carbocycles. The molecule has 0 amide bonds. The summed E-state index contributed by atoms with van der Waals surface area (Å²) in [4.78, 5) is 15.2. The fourth-order valence-corrected chi connectivity index (χ4v) is 0.872. The van der Waals surface area contributed by atoms with E-state index in [0.29, 0.717) is 10.9 Å². The van der Waals surface area contributed by atoms with E-state index in [2.05, 4.69) is 4.98 Å². The molecule has 1 aromatic heterocycles. The van der Waals surface area contributed by atoms with Gasteiger partial charge in [0.1, 0.15) is 10.9 Å². The summed E-state index contributed by atoms with van der Waals surface area (Å²) in [5, 5.41) is 0.309. The summed E-state index contributed by atoms with van der Waals surface area (Å²) in [7, 11) is 0. The van der Waals surface area contributed by atoms with Gasteiger partial charge in [0.05, 0.1) is 5.41 Å². The highest BCUT2D eigenvalue weighted by atomic mass is 35.5. The lowest BCUT2D eigenvalue weighted by Gasteiger charge is -2.16. The summed E-state index contributed by atoms with van der Waals surface area (Å²) in [6, 6.07) is 3.10. The molecule has 76 valence electrons. The van der Waals surface area contributed by atoms with Crippen LogP contribution in [0.2, 0.25) is 5.15 Å². The van der Waals surface area contributed by atoms with Crippen molar-refractivity contribution in [1.82, 2.24) is 4.98 Å². The minimum Gasteiger partial charge on any atom is -0.426 e. The van der Waals surface area contributed by atoms with Gasteiger partial charge in [-0.1, -0.05) is 11.6 Å². The van der Waals surface area contributed by atoms with E-state index in [0.717, 1.165) is 0 Å². The third-order valence-electron chi connectivity index (χ3n) is 1.52. The molecule has 1 heterocycles. The lowest BCUT2D eigenvalue weighted by Crippen LogP contribution is -2.25. The Morgan fingerprint density at radius 2 is 2.14 bits per heavy atom. The molecule has 0 saturated carbocycles. The van der Waals surface area contributed by atoms with Gasteiger partial charge in [-0.3, -0.25) is 4.79 Å². The normalized spacial score (nSPS) is 11.1. The number of carbonyl (C=O) groups excluding carboxylic acids is 1. The Hall–Kier alpha value is -1.09. The fraction of sp³-hybridized carbons (Fsp3) is 0.400. The van der Waals surface area contributed by atoms with Crippen molar-refractivity contribution in [3.8, 4) is 5.75 Å². The number of hydrogen-bond donors (Lipinski definition) is 0. The number of hydrogen-bond acceptors (Lipinski definition) is 3. The second-order valence-corrected chi connectivity index (χ2v) is 4.34. The fourth-order valence-electron chi connectivity index (χ4n) is 0.708. The second-order valence-electron chi connectivity index (χ2n) is 3.95. The molecular formula is C10H12ClNO2. The summed E-state index contributed by atoms with van der Waals surface area (Å²) < 4.78 is 5.10. The third-order valence-corrected chi connectivity index (χ3v) is 1.73. The van der Waals surface area contributed by atoms with Crippen LogP contribution in [0, 0.1) is 5.41 Å². The molecule has 14 heavy (non-hydrogen) atoms. The van der Waals surface area contributed by atoms with Crippen molar-refractivity contribution in [2.45, 2.75) is 20.8 Å². The number of pyridine rings is 1. The minimum atomic E-state index is -0.518. The lowest BCUT2D eigenvalue weighted by molar-refractivity contribution is -0.142. The van der Waals surface area contributed by atoms with Crippen LogP contribution in [-0.2, 0) is 4.79 Å². The van der Waals surface area contributed by atoms with Crippen LogP contribution in [0.15, 0.2) is 18.3 Å². The molecule has 1 rings (SSSR count). The van der Waals surface area contributed by atoms with Crippen LogP contribution in [0.3, 0.4) is 0 Å². The van der Waals surface area contributed by atoms with Gasteiger partial charge in [0.2, 0.25) is 0 Å². The molecule has 0 bridgehead atoms. The van der Waals surface area contributed by atoms with Crippen molar-refractivity contribution in [2.75, 3.05) is 0 Å². The third kappa shape index (κ3) is 3.00. The van der Waals surface area contributed by atoms with Crippen molar-refractivity contribution >= 4 is 17.6 Å². The zero-order valence-corrected chi connectivity index (χ0v) is 9.13. The Balaban J connectivity index is 2.75. The van der Waals surface area contributed by atoms with Crippen LogP contribution in [0.1, 0.15) is 20.8 Å². The largest absolute Gasteiger partial charge is 0.426 e. The monoisotopic (exact) mass is 213 g/mol. The minimum absolute atomic E-state index is 0.292. The summed E-state index contributed by atoms with van der Waals surface area (Å²) >= 11 is 5.64. The second kappa shape index (κ2) is 3.96. The van der Waals surface area contributed by atoms with E-state index in [1.807, 2.05) is 0 Å². The van der Waals surface area contributed by atoms with E-state index in [1.54, 1.807) is 26.8 Å². The first-order valence-electron chi connectivity index (χ1n) is 4.23. The van der Waals surface area contributed by atoms with Gasteiger partial charge in [0.15, 0.2) is 0 Å². The molecule has 1 aromatic rings. The van der Waals surface area contributed by atoms with Crippen molar-refractivity contribution in [3.63, 3.8) is 0 Å². The smallest absolute Gasteiger partial charge is 0.316 e. The van der Waals surface area contributed by atoms with Gasteiger partial charge in [-0.2, -0.15) is 0 Å². The number of aromatic nitrogens is 1. The van der Waals surface area contributed by atoms with Gasteiger partial charge in [-0.05, 0) is 26.8 Å². The molecule has 0 aliphatic heterocycles. The summed E-state index contributed by atoms with van der Waals surface area (Å²) in [5.74, 6) is 0.129. The van der Waals surface area contributed by atoms with E-state index in [-0.39, 0.29) is 5.97 Å². The molecule has 0 radical (unpaired) electrons. The Morgan fingerprint density at radius 3 is 2.64 bits per heavy atom. The first-order valence-corrected chi connectivity index (χ1v) is 4.61. The standard InChI is InChI=1S/C10H12ClNO2/c1-10(2,3)9(13)14-7-4-5-12-8(11)6-7/h4-6H,1-3H3. The Labute approximate surface area is 88.1 Å². The highest BCUT2D eigenvalue weighted by molar-refractivity contribution is 6.29. The quantitative estimate of drug-likeness (QED) is 0.532. The Morgan fingerprint density at radius 1 is 1.50 bits per heavy atom. The van der Waals surface area contributed by atoms with Gasteiger partial charge in [-0.15, -0.1) is 0 Å². The molecule has 0 aliphatic carbocycles. The highest BCUT2D eigenvalue weighted by Gasteiger charge is 2.23. The predicted molar refractivity (Wildman–Crippen MR) is 54.3 cm³/mol. The SMILES string of the molecule is CC(C)(C)C(=O)Oc1ccnc(Cl)c1. The average Bonchev–Trinajstić information content (AvgIpc) is 2.02. The van der Waals surface area contributed by atoms with Gasteiger partial charge in [-0.25, -0.2) is 4.98 Å². The van der Waals surface area contributed by atoms with Crippen molar-refractivity contribution in [2.24, 2.45) is 5.41 Å². The van der Waals surface area contributed by atoms with E-state index < -0.39 is 5.41 Å². The maximum atomic E-state index is 11.5. The summed E-state index contributed by atoms with van der Waals surface area (Å²) in [6.45, 7) is 5.37. The van der Waals surface area contributed by atoms with Crippen LogP contribution < -0.4 is 4.74 Å². The Bertz CT molecular complexity index is 344. The number of ether oxygens (including phenoxy) is 1. The van der Waals surface area contributed by atoms with E-state index in [1.165, 1.54) is 12.3 Å². The lowest BCUT2D eigenvalue weighted by atomic mass is 9.97. The zero-order valence-electron chi connectivity index (χ0n) is 8.37. The molecule has 3 nitrogen and oxygen atoms in total. The predicted octanol–water partition coefficient (Wildman–Crippen LogP) is 2.69. The highest BCUT2D eigenvalue weighted by Crippen LogP contribution is 2.20. The summed E-state index contributed by atoms with van der Waals surface area (Å²) in [5.41, 5.74) is -0.518.